The van der Waals surface area contributed by atoms with Crippen LogP contribution in [0.2, 0.25) is 0 Å². The topological polar surface area (TPSA) is 0 Å². The Balaban J connectivity index is 1.97. The lowest BCUT2D eigenvalue weighted by molar-refractivity contribution is 0.621. The van der Waals surface area contributed by atoms with E-state index in [4.69, 9.17) is 0 Å². The minimum atomic E-state index is -0.120. The number of halogens is 1. The van der Waals surface area contributed by atoms with Crippen LogP contribution in [0.5, 0.6) is 0 Å². The monoisotopic (exact) mass is 265 g/mol. The second-order valence-electron chi connectivity index (χ2n) is 5.37. The first kappa shape index (κ1) is 13.1. The third-order valence-corrected chi connectivity index (χ3v) is 3.87. The summed E-state index contributed by atoms with van der Waals surface area (Å²) in [7, 11) is 0. The zero-order valence-corrected chi connectivity index (χ0v) is 11.5. The van der Waals surface area contributed by atoms with Crippen molar-refractivity contribution in [3.8, 4) is 11.1 Å². The molecule has 0 fully saturated rings. The van der Waals surface area contributed by atoms with Crippen molar-refractivity contribution < 1.29 is 4.39 Å². The quantitative estimate of drug-likeness (QED) is 0.660. The van der Waals surface area contributed by atoms with Gasteiger partial charge in [-0.2, -0.15) is 0 Å². The van der Waals surface area contributed by atoms with E-state index in [1.807, 2.05) is 36.4 Å². The molecule has 101 valence electrons. The number of hydrogen-bond acceptors (Lipinski definition) is 0. The average Bonchev–Trinajstić information content (AvgIpc) is 2.48. The van der Waals surface area contributed by atoms with E-state index >= 15 is 0 Å². The van der Waals surface area contributed by atoms with Crippen LogP contribution >= 0.6 is 0 Å². The molecule has 2 aromatic carbocycles. The van der Waals surface area contributed by atoms with Crippen LogP contribution in [0.1, 0.15) is 36.8 Å². The third kappa shape index (κ3) is 2.67. The largest absolute Gasteiger partial charge is 0.206 e. The Bertz CT molecular complexity index is 653. The SMILES string of the molecule is [CH2]c1cccc(-c2ccc(C3=CCCCC3)c(F)c2)c1. The van der Waals surface area contributed by atoms with Crippen molar-refractivity contribution in [1.82, 2.24) is 0 Å². The fraction of sp³-hybridized carbons (Fsp3) is 0.211. The van der Waals surface area contributed by atoms with Crippen molar-refractivity contribution in [3.05, 3.63) is 72.4 Å². The molecule has 0 bridgehead atoms. The highest BCUT2D eigenvalue weighted by molar-refractivity contribution is 5.71. The molecule has 0 amide bonds. The van der Waals surface area contributed by atoms with Crippen molar-refractivity contribution in [2.45, 2.75) is 25.7 Å². The van der Waals surface area contributed by atoms with Crippen LogP contribution in [0.15, 0.2) is 48.5 Å². The number of allylic oxidation sites excluding steroid dienone is 2. The summed E-state index contributed by atoms with van der Waals surface area (Å²) in [6, 6.07) is 13.4. The van der Waals surface area contributed by atoms with E-state index in [0.717, 1.165) is 47.1 Å². The summed E-state index contributed by atoms with van der Waals surface area (Å²) in [4.78, 5) is 0. The predicted octanol–water partition coefficient (Wildman–Crippen LogP) is 5.63. The van der Waals surface area contributed by atoms with Gasteiger partial charge in [0, 0.05) is 5.56 Å². The van der Waals surface area contributed by atoms with Gasteiger partial charge in [0.1, 0.15) is 5.82 Å². The molecule has 1 heteroatoms. The molecule has 20 heavy (non-hydrogen) atoms. The molecular formula is C19H18F. The minimum absolute atomic E-state index is 0.120. The van der Waals surface area contributed by atoms with Gasteiger partial charge < -0.3 is 0 Å². The van der Waals surface area contributed by atoms with Gasteiger partial charge in [-0.05, 0) is 60.9 Å². The van der Waals surface area contributed by atoms with E-state index in [0.29, 0.717) is 0 Å². The van der Waals surface area contributed by atoms with Gasteiger partial charge in [-0.3, -0.25) is 0 Å². The second-order valence-corrected chi connectivity index (χ2v) is 5.37. The van der Waals surface area contributed by atoms with Crippen LogP contribution in [0, 0.1) is 12.7 Å². The maximum atomic E-state index is 14.4. The van der Waals surface area contributed by atoms with E-state index in [9.17, 15) is 4.39 Å². The fourth-order valence-corrected chi connectivity index (χ4v) is 2.79. The summed E-state index contributed by atoms with van der Waals surface area (Å²) in [5.74, 6) is -0.120. The summed E-state index contributed by atoms with van der Waals surface area (Å²) < 4.78 is 14.4. The standard InChI is InChI=1S/C19H18F/c1-14-6-5-9-16(12-14)17-10-11-18(19(20)13-17)15-7-3-2-4-8-15/h5-7,9-13H,1-4,8H2. The minimum Gasteiger partial charge on any atom is -0.206 e. The van der Waals surface area contributed by atoms with Crippen LogP contribution in [0.25, 0.3) is 16.7 Å². The summed E-state index contributed by atoms with van der Waals surface area (Å²) in [6.45, 7) is 3.92. The molecule has 1 aliphatic carbocycles. The Labute approximate surface area is 120 Å². The molecule has 0 unspecified atom stereocenters. The van der Waals surface area contributed by atoms with E-state index < -0.39 is 0 Å². The number of rotatable bonds is 2. The Hall–Kier alpha value is -1.89. The lowest BCUT2D eigenvalue weighted by atomic mass is 9.92. The predicted molar refractivity (Wildman–Crippen MR) is 82.7 cm³/mol. The molecule has 1 aliphatic rings. The molecule has 0 heterocycles. The van der Waals surface area contributed by atoms with Crippen molar-refractivity contribution in [3.63, 3.8) is 0 Å². The average molecular weight is 265 g/mol. The van der Waals surface area contributed by atoms with E-state index in [2.05, 4.69) is 13.0 Å². The molecule has 0 saturated carbocycles. The van der Waals surface area contributed by atoms with Gasteiger partial charge >= 0.3 is 0 Å². The van der Waals surface area contributed by atoms with Gasteiger partial charge in [-0.25, -0.2) is 4.39 Å². The molecule has 0 aliphatic heterocycles. The molecule has 0 atom stereocenters. The number of hydrogen-bond donors (Lipinski definition) is 0. The van der Waals surface area contributed by atoms with Crippen LogP contribution in [0.4, 0.5) is 4.39 Å². The van der Waals surface area contributed by atoms with E-state index in [-0.39, 0.29) is 5.82 Å². The molecule has 2 aromatic rings. The lowest BCUT2D eigenvalue weighted by Gasteiger charge is -2.14. The van der Waals surface area contributed by atoms with Gasteiger partial charge in [0.25, 0.3) is 0 Å². The summed E-state index contributed by atoms with van der Waals surface area (Å²) in [5.41, 5.74) is 4.79. The van der Waals surface area contributed by atoms with Crippen LogP contribution in [-0.2, 0) is 0 Å². The first-order chi connectivity index (χ1) is 9.74. The van der Waals surface area contributed by atoms with Gasteiger partial charge in [-0.15, -0.1) is 0 Å². The van der Waals surface area contributed by atoms with Crippen LogP contribution in [0.3, 0.4) is 0 Å². The highest BCUT2D eigenvalue weighted by Crippen LogP contribution is 2.31. The van der Waals surface area contributed by atoms with Crippen molar-refractivity contribution >= 4 is 5.57 Å². The third-order valence-electron chi connectivity index (χ3n) is 3.87. The van der Waals surface area contributed by atoms with E-state index in [1.165, 1.54) is 6.42 Å². The molecule has 0 saturated heterocycles. The Morgan fingerprint density at radius 3 is 2.50 bits per heavy atom. The van der Waals surface area contributed by atoms with Gasteiger partial charge in [0.2, 0.25) is 0 Å². The first-order valence-corrected chi connectivity index (χ1v) is 7.15. The molecule has 0 spiro atoms. The molecule has 0 N–H and O–H groups in total. The Morgan fingerprint density at radius 1 is 0.950 bits per heavy atom. The summed E-state index contributed by atoms with van der Waals surface area (Å²) >= 11 is 0. The lowest BCUT2D eigenvalue weighted by Crippen LogP contribution is -1.95. The molecule has 0 nitrogen and oxygen atoms in total. The Kier molecular flexibility index (Phi) is 3.68. The first-order valence-electron chi connectivity index (χ1n) is 7.15. The molecule has 1 radical (unpaired) electrons. The maximum absolute atomic E-state index is 14.4. The number of benzene rings is 2. The van der Waals surface area contributed by atoms with Gasteiger partial charge in [-0.1, -0.05) is 42.5 Å². The normalized spacial score (nSPS) is 15.0. The highest BCUT2D eigenvalue weighted by Gasteiger charge is 2.11. The molecular weight excluding hydrogens is 247 g/mol. The molecule has 3 rings (SSSR count). The second kappa shape index (κ2) is 5.62. The van der Waals surface area contributed by atoms with Crippen LogP contribution in [-0.4, -0.2) is 0 Å². The van der Waals surface area contributed by atoms with Crippen molar-refractivity contribution in [2.24, 2.45) is 0 Å². The highest BCUT2D eigenvalue weighted by atomic mass is 19.1. The van der Waals surface area contributed by atoms with Gasteiger partial charge in [0.05, 0.1) is 0 Å². The fourth-order valence-electron chi connectivity index (χ4n) is 2.79. The summed E-state index contributed by atoms with van der Waals surface area (Å²) in [5, 5.41) is 0. The van der Waals surface area contributed by atoms with E-state index in [1.54, 1.807) is 6.07 Å². The smallest absolute Gasteiger partial charge is 0.131 e. The summed E-state index contributed by atoms with van der Waals surface area (Å²) in [6.07, 6.45) is 6.62. The van der Waals surface area contributed by atoms with Crippen molar-refractivity contribution in [2.75, 3.05) is 0 Å². The zero-order valence-electron chi connectivity index (χ0n) is 11.5. The van der Waals surface area contributed by atoms with Crippen LogP contribution < -0.4 is 0 Å². The van der Waals surface area contributed by atoms with Gasteiger partial charge in [0.15, 0.2) is 0 Å². The Morgan fingerprint density at radius 2 is 1.80 bits per heavy atom. The maximum Gasteiger partial charge on any atom is 0.131 e. The van der Waals surface area contributed by atoms with Crippen molar-refractivity contribution in [1.29, 1.82) is 0 Å². The zero-order chi connectivity index (χ0) is 13.9. The molecule has 0 aromatic heterocycles.